The number of hydrogen-bond donors (Lipinski definition) is 0. The Morgan fingerprint density at radius 2 is 1.77 bits per heavy atom. The van der Waals surface area contributed by atoms with Gasteiger partial charge < -0.3 is 0 Å². The summed E-state index contributed by atoms with van der Waals surface area (Å²) in [5, 5.41) is 12.5. The Labute approximate surface area is 89.8 Å². The lowest BCUT2D eigenvalue weighted by Crippen LogP contribution is -1.93. The van der Waals surface area contributed by atoms with Crippen molar-refractivity contribution in [3.05, 3.63) is 17.0 Å². The summed E-state index contributed by atoms with van der Waals surface area (Å²) in [5.41, 5.74) is 5.02. The first-order valence-electron chi connectivity index (χ1n) is 3.96. The molecule has 68 valence electrons. The Hall–Kier alpha value is -0.720. The molecule has 4 nitrogen and oxygen atoms in total. The van der Waals surface area contributed by atoms with Crippen LogP contribution in [0.25, 0.3) is 11.0 Å². The second-order valence-corrected chi connectivity index (χ2v) is 3.97. The normalized spacial score (nSPS) is 11.1. The van der Waals surface area contributed by atoms with E-state index in [1.165, 1.54) is 0 Å². The van der Waals surface area contributed by atoms with Gasteiger partial charge in [-0.05, 0) is 20.8 Å². The van der Waals surface area contributed by atoms with Crippen LogP contribution in [0.4, 0.5) is 0 Å². The third kappa shape index (κ3) is 1.21. The van der Waals surface area contributed by atoms with Gasteiger partial charge in [-0.25, -0.2) is 2.90 Å². The van der Waals surface area contributed by atoms with Crippen molar-refractivity contribution in [3.8, 4) is 0 Å². The number of fused-ring (bicyclic) bond motifs is 1. The van der Waals surface area contributed by atoms with Gasteiger partial charge in [0.1, 0.15) is 11.0 Å². The van der Waals surface area contributed by atoms with E-state index in [1.54, 1.807) is 0 Å². The SMILES string of the molecule is Cc1nnc2c(C)nn(I)c2c1C. The number of aryl methyl sites for hydroxylation is 3. The molecule has 0 fully saturated rings. The van der Waals surface area contributed by atoms with Crippen LogP contribution in [0.1, 0.15) is 17.0 Å². The van der Waals surface area contributed by atoms with Crippen LogP contribution in [0.5, 0.6) is 0 Å². The molecule has 0 bridgehead atoms. The molecule has 2 aromatic rings. The number of rotatable bonds is 0. The summed E-state index contributed by atoms with van der Waals surface area (Å²) < 4.78 is 1.83. The maximum atomic E-state index is 4.29. The first-order chi connectivity index (χ1) is 6.11. The Morgan fingerprint density at radius 3 is 2.46 bits per heavy atom. The summed E-state index contributed by atoms with van der Waals surface area (Å²) in [6, 6.07) is 0. The fraction of sp³-hybridized carbons (Fsp3) is 0.375. The number of halogens is 1. The minimum absolute atomic E-state index is 0.900. The smallest absolute Gasteiger partial charge is 0.135 e. The van der Waals surface area contributed by atoms with E-state index in [9.17, 15) is 0 Å². The van der Waals surface area contributed by atoms with Crippen molar-refractivity contribution in [2.24, 2.45) is 0 Å². The van der Waals surface area contributed by atoms with E-state index in [2.05, 4.69) is 38.2 Å². The Morgan fingerprint density at radius 1 is 1.08 bits per heavy atom. The molecule has 0 radical (unpaired) electrons. The van der Waals surface area contributed by atoms with Crippen LogP contribution < -0.4 is 0 Å². The molecule has 2 aromatic heterocycles. The highest BCUT2D eigenvalue weighted by Gasteiger charge is 2.11. The van der Waals surface area contributed by atoms with Gasteiger partial charge in [-0.3, -0.25) is 0 Å². The van der Waals surface area contributed by atoms with Crippen molar-refractivity contribution in [1.82, 2.24) is 18.2 Å². The zero-order valence-corrected chi connectivity index (χ0v) is 9.82. The van der Waals surface area contributed by atoms with Crippen molar-refractivity contribution < 1.29 is 0 Å². The molecule has 5 heteroatoms. The van der Waals surface area contributed by atoms with Crippen molar-refractivity contribution in [2.45, 2.75) is 20.8 Å². The second kappa shape index (κ2) is 2.90. The molecule has 0 saturated carbocycles. The summed E-state index contributed by atoms with van der Waals surface area (Å²) in [6.45, 7) is 5.95. The molecule has 0 unspecified atom stereocenters. The monoisotopic (exact) mass is 288 g/mol. The van der Waals surface area contributed by atoms with Crippen molar-refractivity contribution in [3.63, 3.8) is 0 Å². The van der Waals surface area contributed by atoms with E-state index in [0.29, 0.717) is 0 Å². The standard InChI is InChI=1S/C8H9IN4/c1-4-5(2)10-11-7-6(3)12-13(9)8(4)7/h1-3H3. The maximum absolute atomic E-state index is 4.29. The van der Waals surface area contributed by atoms with Gasteiger partial charge in [0, 0.05) is 5.56 Å². The van der Waals surface area contributed by atoms with Crippen molar-refractivity contribution in [2.75, 3.05) is 0 Å². The Balaban J connectivity index is 2.98. The first-order valence-corrected chi connectivity index (χ1v) is 4.93. The highest BCUT2D eigenvalue weighted by molar-refractivity contribution is 14.1. The molecule has 0 N–H and O–H groups in total. The lowest BCUT2D eigenvalue weighted by Gasteiger charge is -1.99. The van der Waals surface area contributed by atoms with E-state index in [1.807, 2.05) is 23.7 Å². The summed E-state index contributed by atoms with van der Waals surface area (Å²) in [6.07, 6.45) is 0. The van der Waals surface area contributed by atoms with Gasteiger partial charge in [0.25, 0.3) is 0 Å². The zero-order chi connectivity index (χ0) is 9.59. The quantitative estimate of drug-likeness (QED) is 0.696. The van der Waals surface area contributed by atoms with Crippen LogP contribution in [0.15, 0.2) is 0 Å². The summed E-state index contributed by atoms with van der Waals surface area (Å²) in [5.74, 6) is 0. The van der Waals surface area contributed by atoms with Gasteiger partial charge in [-0.2, -0.15) is 10.2 Å². The molecule has 13 heavy (non-hydrogen) atoms. The third-order valence-electron chi connectivity index (χ3n) is 2.19. The summed E-state index contributed by atoms with van der Waals surface area (Å²) >= 11 is 2.16. The van der Waals surface area contributed by atoms with Crippen LogP contribution in [0, 0.1) is 20.8 Å². The van der Waals surface area contributed by atoms with Gasteiger partial charge in [-0.1, -0.05) is 0 Å². The number of hydrogen-bond acceptors (Lipinski definition) is 3. The average molecular weight is 288 g/mol. The topological polar surface area (TPSA) is 43.6 Å². The first kappa shape index (κ1) is 8.86. The van der Waals surface area contributed by atoms with E-state index in [4.69, 9.17) is 0 Å². The highest BCUT2D eigenvalue weighted by atomic mass is 127. The van der Waals surface area contributed by atoms with Gasteiger partial charge in [-0.15, -0.1) is 5.10 Å². The average Bonchev–Trinajstić information content (AvgIpc) is 2.35. The molecule has 0 atom stereocenters. The molecule has 0 aliphatic heterocycles. The zero-order valence-electron chi connectivity index (χ0n) is 7.67. The minimum atomic E-state index is 0.900. The second-order valence-electron chi connectivity index (χ2n) is 3.05. The van der Waals surface area contributed by atoms with E-state index < -0.39 is 0 Å². The van der Waals surface area contributed by atoms with E-state index >= 15 is 0 Å². The third-order valence-corrected chi connectivity index (χ3v) is 2.89. The molecular weight excluding hydrogens is 279 g/mol. The van der Waals surface area contributed by atoms with Gasteiger partial charge in [0.15, 0.2) is 0 Å². The van der Waals surface area contributed by atoms with Crippen molar-refractivity contribution in [1.29, 1.82) is 0 Å². The molecule has 0 spiro atoms. The number of aromatic nitrogens is 4. The van der Waals surface area contributed by atoms with E-state index in [-0.39, 0.29) is 0 Å². The molecule has 0 aromatic carbocycles. The lowest BCUT2D eigenvalue weighted by atomic mass is 10.2. The number of nitrogens with zero attached hydrogens (tertiary/aromatic N) is 4. The maximum Gasteiger partial charge on any atom is 0.135 e. The fourth-order valence-electron chi connectivity index (χ4n) is 1.29. The molecule has 2 rings (SSSR count). The van der Waals surface area contributed by atoms with Crippen LogP contribution >= 0.6 is 22.9 Å². The van der Waals surface area contributed by atoms with Gasteiger partial charge in [0.05, 0.1) is 34.3 Å². The van der Waals surface area contributed by atoms with Crippen LogP contribution in [-0.4, -0.2) is 18.2 Å². The van der Waals surface area contributed by atoms with Crippen LogP contribution in [0.2, 0.25) is 0 Å². The predicted octanol–water partition coefficient (Wildman–Crippen LogP) is 1.95. The van der Waals surface area contributed by atoms with E-state index in [0.717, 1.165) is 28.0 Å². The van der Waals surface area contributed by atoms with Crippen LogP contribution in [-0.2, 0) is 0 Å². The summed E-state index contributed by atoms with van der Waals surface area (Å²) in [7, 11) is 0. The fourth-order valence-corrected chi connectivity index (χ4v) is 2.21. The lowest BCUT2D eigenvalue weighted by molar-refractivity contribution is 0.996. The Bertz CT molecular complexity index is 474. The molecular formula is C8H9IN4. The molecule has 0 saturated heterocycles. The molecule has 0 aliphatic rings. The molecule has 0 amide bonds. The van der Waals surface area contributed by atoms with Gasteiger partial charge >= 0.3 is 0 Å². The van der Waals surface area contributed by atoms with Crippen molar-refractivity contribution >= 4 is 33.9 Å². The Kier molecular flexibility index (Phi) is 1.98. The van der Waals surface area contributed by atoms with Crippen LogP contribution in [0.3, 0.4) is 0 Å². The minimum Gasteiger partial charge on any atom is -0.201 e. The predicted molar refractivity (Wildman–Crippen MR) is 59.0 cm³/mol. The molecule has 2 heterocycles. The molecule has 0 aliphatic carbocycles. The van der Waals surface area contributed by atoms with Gasteiger partial charge in [0.2, 0.25) is 0 Å². The highest BCUT2D eigenvalue weighted by Crippen LogP contribution is 2.21. The largest absolute Gasteiger partial charge is 0.201 e. The summed E-state index contributed by atoms with van der Waals surface area (Å²) in [4.78, 5) is 0.